The van der Waals surface area contributed by atoms with E-state index < -0.39 is 0 Å². The second-order valence-electron chi connectivity index (χ2n) is 8.66. The van der Waals surface area contributed by atoms with Crippen LogP contribution in [0.5, 0.6) is 0 Å². The summed E-state index contributed by atoms with van der Waals surface area (Å²) in [6, 6.07) is 16.9. The average Bonchev–Trinajstić information content (AvgIpc) is 3.41. The third-order valence-electron chi connectivity index (χ3n) is 6.78. The first kappa shape index (κ1) is 21.1. The molecule has 1 saturated heterocycles. The number of likely N-dealkylation sites (tertiary alicyclic amines) is 1. The summed E-state index contributed by atoms with van der Waals surface area (Å²) in [7, 11) is 0. The van der Waals surface area contributed by atoms with Crippen LogP contribution in [0.1, 0.15) is 48.5 Å². The van der Waals surface area contributed by atoms with E-state index in [0.29, 0.717) is 25.9 Å². The molecule has 2 aliphatic heterocycles. The van der Waals surface area contributed by atoms with Gasteiger partial charge in [0.1, 0.15) is 0 Å². The van der Waals surface area contributed by atoms with E-state index in [4.69, 9.17) is 0 Å². The van der Waals surface area contributed by atoms with Crippen LogP contribution < -0.4 is 0 Å². The summed E-state index contributed by atoms with van der Waals surface area (Å²) in [5.41, 5.74) is 4.73. The number of carbonyl (C=O) groups is 2. The fourth-order valence-electron chi connectivity index (χ4n) is 5.15. The summed E-state index contributed by atoms with van der Waals surface area (Å²) in [6.07, 6.45) is 5.71. The molecule has 1 aromatic heterocycles. The Morgan fingerprint density at radius 3 is 2.66 bits per heavy atom. The van der Waals surface area contributed by atoms with Crippen LogP contribution in [0.25, 0.3) is 10.9 Å². The van der Waals surface area contributed by atoms with E-state index in [1.54, 1.807) is 11.8 Å². The zero-order valence-corrected chi connectivity index (χ0v) is 19.3. The second-order valence-corrected chi connectivity index (χ2v) is 9.54. The predicted octanol–water partition coefficient (Wildman–Crippen LogP) is 4.77. The smallest absolute Gasteiger partial charge is 0.223 e. The van der Waals surface area contributed by atoms with Crippen molar-refractivity contribution in [3.8, 4) is 0 Å². The van der Waals surface area contributed by atoms with E-state index in [0.717, 1.165) is 42.6 Å². The standard InChI is InChI=1S/C26H29N3O2S/c1-32-19-12-10-18(11-13-19)26-25-21(20-6-2-3-7-22(20)27-25)14-17-29(26)24(31)9-5-16-28-15-4-8-23(28)30/h2-3,6-7,10-13,26-27H,4-5,8-9,14-17H2,1H3/t26-/m1/s1. The third-order valence-corrected chi connectivity index (χ3v) is 7.52. The van der Waals surface area contributed by atoms with Crippen LogP contribution in [0.4, 0.5) is 0 Å². The van der Waals surface area contributed by atoms with E-state index in [1.807, 2.05) is 9.80 Å². The average molecular weight is 448 g/mol. The summed E-state index contributed by atoms with van der Waals surface area (Å²) < 4.78 is 0. The number of thioether (sulfide) groups is 1. The lowest BCUT2D eigenvalue weighted by atomic mass is 9.92. The normalized spacial score (nSPS) is 18.4. The zero-order chi connectivity index (χ0) is 22.1. The van der Waals surface area contributed by atoms with Gasteiger partial charge < -0.3 is 14.8 Å². The molecular formula is C26H29N3O2S. The molecule has 1 N–H and O–H groups in total. The Kier molecular flexibility index (Phi) is 5.96. The maximum Gasteiger partial charge on any atom is 0.223 e. The molecule has 0 spiro atoms. The van der Waals surface area contributed by atoms with Crippen LogP contribution in [-0.2, 0) is 16.0 Å². The molecule has 32 heavy (non-hydrogen) atoms. The highest BCUT2D eigenvalue weighted by atomic mass is 32.2. The van der Waals surface area contributed by atoms with Crippen molar-refractivity contribution >= 4 is 34.5 Å². The molecule has 2 amide bonds. The van der Waals surface area contributed by atoms with Crippen molar-refractivity contribution in [2.45, 2.75) is 43.0 Å². The van der Waals surface area contributed by atoms with Gasteiger partial charge in [-0.2, -0.15) is 0 Å². The van der Waals surface area contributed by atoms with Crippen molar-refractivity contribution in [1.82, 2.24) is 14.8 Å². The summed E-state index contributed by atoms with van der Waals surface area (Å²) in [4.78, 5) is 34.1. The van der Waals surface area contributed by atoms with Gasteiger partial charge >= 0.3 is 0 Å². The quantitative estimate of drug-likeness (QED) is 0.554. The van der Waals surface area contributed by atoms with Gasteiger partial charge in [0.2, 0.25) is 11.8 Å². The number of nitrogens with zero attached hydrogens (tertiary/aromatic N) is 2. The fraction of sp³-hybridized carbons (Fsp3) is 0.385. The first-order valence-electron chi connectivity index (χ1n) is 11.5. The van der Waals surface area contributed by atoms with Crippen LogP contribution in [0.3, 0.4) is 0 Å². The summed E-state index contributed by atoms with van der Waals surface area (Å²) in [5, 5.41) is 1.26. The molecule has 1 atom stereocenters. The Hall–Kier alpha value is -2.73. The van der Waals surface area contributed by atoms with Crippen LogP contribution in [0, 0.1) is 0 Å². The minimum Gasteiger partial charge on any atom is -0.356 e. The Morgan fingerprint density at radius 1 is 1.09 bits per heavy atom. The molecule has 3 heterocycles. The Morgan fingerprint density at radius 2 is 1.91 bits per heavy atom. The molecule has 5 rings (SSSR count). The zero-order valence-electron chi connectivity index (χ0n) is 18.5. The highest BCUT2D eigenvalue weighted by Gasteiger charge is 2.34. The van der Waals surface area contributed by atoms with Crippen molar-refractivity contribution < 1.29 is 9.59 Å². The third kappa shape index (κ3) is 3.92. The Labute approximate surface area is 193 Å². The summed E-state index contributed by atoms with van der Waals surface area (Å²) in [6.45, 7) is 2.23. The van der Waals surface area contributed by atoms with Crippen molar-refractivity contribution in [3.63, 3.8) is 0 Å². The van der Waals surface area contributed by atoms with E-state index in [9.17, 15) is 9.59 Å². The molecule has 2 aliphatic rings. The largest absolute Gasteiger partial charge is 0.356 e. The molecule has 0 aliphatic carbocycles. The van der Waals surface area contributed by atoms with Gasteiger partial charge in [-0.05, 0) is 54.8 Å². The summed E-state index contributed by atoms with van der Waals surface area (Å²) in [5.74, 6) is 0.393. The first-order valence-corrected chi connectivity index (χ1v) is 12.7. The van der Waals surface area contributed by atoms with Crippen molar-refractivity contribution in [1.29, 1.82) is 0 Å². The van der Waals surface area contributed by atoms with E-state index in [1.165, 1.54) is 15.8 Å². The number of fused-ring (bicyclic) bond motifs is 3. The highest BCUT2D eigenvalue weighted by Crippen LogP contribution is 2.39. The minimum absolute atomic E-state index is 0.108. The van der Waals surface area contributed by atoms with Gasteiger partial charge in [-0.1, -0.05) is 30.3 Å². The molecule has 5 nitrogen and oxygen atoms in total. The fourth-order valence-corrected chi connectivity index (χ4v) is 5.56. The van der Waals surface area contributed by atoms with Crippen LogP contribution in [0.2, 0.25) is 0 Å². The molecule has 0 bridgehead atoms. The number of amides is 2. The number of hydrogen-bond acceptors (Lipinski definition) is 3. The molecular weight excluding hydrogens is 418 g/mol. The molecule has 0 radical (unpaired) electrons. The number of para-hydroxylation sites is 1. The van der Waals surface area contributed by atoms with Gasteiger partial charge in [-0.15, -0.1) is 11.8 Å². The van der Waals surface area contributed by atoms with Gasteiger partial charge in [-0.25, -0.2) is 0 Å². The lowest BCUT2D eigenvalue weighted by Gasteiger charge is -2.36. The van der Waals surface area contributed by atoms with Crippen LogP contribution in [0.15, 0.2) is 53.4 Å². The molecule has 166 valence electrons. The molecule has 1 fully saturated rings. The van der Waals surface area contributed by atoms with Gasteiger partial charge in [0.25, 0.3) is 0 Å². The Balaban J connectivity index is 1.42. The predicted molar refractivity (Wildman–Crippen MR) is 129 cm³/mol. The topological polar surface area (TPSA) is 56.4 Å². The SMILES string of the molecule is CSc1ccc([C@@H]2c3[nH]c4ccccc4c3CCN2C(=O)CCCN2CCCC2=O)cc1. The highest BCUT2D eigenvalue weighted by molar-refractivity contribution is 7.98. The molecule has 6 heteroatoms. The number of nitrogens with one attached hydrogen (secondary N) is 1. The lowest BCUT2D eigenvalue weighted by molar-refractivity contribution is -0.134. The maximum atomic E-state index is 13.4. The first-order chi connectivity index (χ1) is 15.7. The van der Waals surface area contributed by atoms with Gasteiger partial charge in [0.05, 0.1) is 6.04 Å². The number of aromatic amines is 1. The summed E-state index contributed by atoms with van der Waals surface area (Å²) >= 11 is 1.72. The lowest BCUT2D eigenvalue weighted by Crippen LogP contribution is -2.40. The molecule has 0 saturated carbocycles. The Bertz CT molecular complexity index is 1140. The number of hydrogen-bond donors (Lipinski definition) is 1. The molecule has 2 aromatic carbocycles. The number of rotatable bonds is 6. The van der Waals surface area contributed by atoms with Gasteiger partial charge in [0.15, 0.2) is 0 Å². The molecule has 3 aromatic rings. The monoisotopic (exact) mass is 447 g/mol. The van der Waals surface area contributed by atoms with E-state index in [-0.39, 0.29) is 17.9 Å². The van der Waals surface area contributed by atoms with Crippen molar-refractivity contribution in [2.75, 3.05) is 25.9 Å². The number of aromatic nitrogens is 1. The minimum atomic E-state index is -0.108. The number of benzene rings is 2. The number of H-pyrrole nitrogens is 1. The van der Waals surface area contributed by atoms with Crippen molar-refractivity contribution in [2.24, 2.45) is 0 Å². The maximum absolute atomic E-state index is 13.4. The number of carbonyl (C=O) groups excluding carboxylic acids is 2. The van der Waals surface area contributed by atoms with E-state index >= 15 is 0 Å². The second kappa shape index (κ2) is 9.02. The van der Waals surface area contributed by atoms with Crippen LogP contribution >= 0.6 is 11.8 Å². The van der Waals surface area contributed by atoms with Crippen LogP contribution in [-0.4, -0.2) is 52.5 Å². The van der Waals surface area contributed by atoms with Gasteiger partial charge in [-0.3, -0.25) is 9.59 Å². The van der Waals surface area contributed by atoms with Gasteiger partial charge in [0, 0.05) is 54.0 Å². The van der Waals surface area contributed by atoms with Crippen molar-refractivity contribution in [3.05, 3.63) is 65.4 Å². The van der Waals surface area contributed by atoms with E-state index in [2.05, 4.69) is 59.8 Å². The molecule has 0 unspecified atom stereocenters.